The van der Waals surface area contributed by atoms with Crippen LogP contribution in [0, 0.1) is 16.0 Å². The number of benzene rings is 1. The Bertz CT molecular complexity index is 532. The van der Waals surface area contributed by atoms with E-state index in [2.05, 4.69) is 0 Å². The van der Waals surface area contributed by atoms with Crippen molar-refractivity contribution in [1.82, 2.24) is 0 Å². The van der Waals surface area contributed by atoms with E-state index in [4.69, 9.17) is 15.2 Å². The van der Waals surface area contributed by atoms with Crippen molar-refractivity contribution in [3.05, 3.63) is 27.8 Å². The number of hydrogen-bond donors (Lipinski definition) is 2. The molecule has 0 aromatic heterocycles. The Morgan fingerprint density at radius 3 is 2.52 bits per heavy atom. The summed E-state index contributed by atoms with van der Waals surface area (Å²) in [6, 6.07) is 1.95. The Morgan fingerprint density at radius 1 is 1.33 bits per heavy atom. The lowest BCUT2D eigenvalue weighted by Crippen LogP contribution is -2.27. The summed E-state index contributed by atoms with van der Waals surface area (Å²) in [5, 5.41) is 21.3. The van der Waals surface area contributed by atoms with E-state index in [0.29, 0.717) is 23.8 Å². The molecule has 1 heterocycles. The maximum atomic E-state index is 11.2. The minimum Gasteiger partial charge on any atom is -0.454 e. The van der Waals surface area contributed by atoms with Crippen LogP contribution in [-0.4, -0.2) is 22.9 Å². The Labute approximate surface area is 122 Å². The first-order valence-corrected chi connectivity index (χ1v) is 6.91. The predicted molar refractivity (Wildman–Crippen MR) is 76.2 cm³/mol. The van der Waals surface area contributed by atoms with Gasteiger partial charge in [0, 0.05) is 0 Å². The van der Waals surface area contributed by atoms with Crippen LogP contribution in [0.15, 0.2) is 12.1 Å². The third-order valence-electron chi connectivity index (χ3n) is 3.53. The standard InChI is InChI=1S/C14H20N2O5/c1-8(2)3-4-11(17)14(15)9-5-12-13(21-7-20-12)6-10(9)16(18)19/h5-6,8,11,14,17H,3-4,7,15H2,1-2H3/t11-,14+/m0/s1. The molecule has 116 valence electrons. The molecule has 7 heteroatoms. The second-order valence-electron chi connectivity index (χ2n) is 5.59. The van der Waals surface area contributed by atoms with E-state index in [0.717, 1.165) is 6.42 Å². The van der Waals surface area contributed by atoms with E-state index in [1.807, 2.05) is 13.8 Å². The molecule has 0 spiro atoms. The highest BCUT2D eigenvalue weighted by atomic mass is 16.7. The van der Waals surface area contributed by atoms with Crippen LogP contribution in [-0.2, 0) is 0 Å². The molecule has 0 amide bonds. The Balaban J connectivity index is 2.27. The first-order chi connectivity index (χ1) is 9.90. The highest BCUT2D eigenvalue weighted by molar-refractivity contribution is 5.56. The maximum Gasteiger partial charge on any atom is 0.278 e. The largest absolute Gasteiger partial charge is 0.454 e. The average Bonchev–Trinajstić information content (AvgIpc) is 2.89. The van der Waals surface area contributed by atoms with Crippen LogP contribution < -0.4 is 15.2 Å². The summed E-state index contributed by atoms with van der Waals surface area (Å²) in [6.07, 6.45) is 0.448. The molecule has 0 radical (unpaired) electrons. The Morgan fingerprint density at radius 2 is 1.95 bits per heavy atom. The lowest BCUT2D eigenvalue weighted by molar-refractivity contribution is -0.385. The zero-order valence-electron chi connectivity index (χ0n) is 12.1. The summed E-state index contributed by atoms with van der Waals surface area (Å²) in [7, 11) is 0. The van der Waals surface area contributed by atoms with Crippen molar-refractivity contribution in [2.75, 3.05) is 6.79 Å². The molecule has 7 nitrogen and oxygen atoms in total. The van der Waals surface area contributed by atoms with Gasteiger partial charge in [-0.1, -0.05) is 13.8 Å². The van der Waals surface area contributed by atoms with Gasteiger partial charge in [0.15, 0.2) is 11.5 Å². The quantitative estimate of drug-likeness (QED) is 0.615. The van der Waals surface area contributed by atoms with Crippen molar-refractivity contribution in [2.45, 2.75) is 38.8 Å². The normalized spacial score (nSPS) is 16.0. The summed E-state index contributed by atoms with van der Waals surface area (Å²) < 4.78 is 10.4. The summed E-state index contributed by atoms with van der Waals surface area (Å²) in [4.78, 5) is 10.7. The smallest absolute Gasteiger partial charge is 0.278 e. The van der Waals surface area contributed by atoms with Gasteiger partial charge in [-0.3, -0.25) is 10.1 Å². The molecule has 1 aliphatic rings. The molecule has 0 unspecified atom stereocenters. The van der Waals surface area contributed by atoms with Crippen LogP contribution in [0.1, 0.15) is 38.3 Å². The minimum atomic E-state index is -0.841. The fraction of sp³-hybridized carbons (Fsp3) is 0.571. The van der Waals surface area contributed by atoms with Gasteiger partial charge in [0.05, 0.1) is 28.7 Å². The third-order valence-corrected chi connectivity index (χ3v) is 3.53. The van der Waals surface area contributed by atoms with Gasteiger partial charge in [-0.25, -0.2) is 0 Å². The number of nitro benzene ring substituents is 1. The molecule has 0 saturated heterocycles. The molecule has 0 bridgehead atoms. The number of hydrogen-bond acceptors (Lipinski definition) is 6. The molecular weight excluding hydrogens is 276 g/mol. The lowest BCUT2D eigenvalue weighted by atomic mass is 9.94. The summed E-state index contributed by atoms with van der Waals surface area (Å²) in [5.74, 6) is 1.18. The van der Waals surface area contributed by atoms with Gasteiger partial charge in [0.25, 0.3) is 5.69 Å². The van der Waals surface area contributed by atoms with Gasteiger partial charge in [-0.2, -0.15) is 0 Å². The van der Waals surface area contributed by atoms with Crippen LogP contribution in [0.2, 0.25) is 0 Å². The predicted octanol–water partition coefficient (Wildman–Crippen LogP) is 2.12. The van der Waals surface area contributed by atoms with Crippen LogP contribution in [0.5, 0.6) is 11.5 Å². The SMILES string of the molecule is CC(C)CC[C@H](O)[C@H](N)c1cc2c(cc1[N+](=O)[O-])OCO2. The minimum absolute atomic E-state index is 0.0289. The van der Waals surface area contributed by atoms with E-state index < -0.39 is 17.1 Å². The molecule has 1 aromatic rings. The molecule has 0 fully saturated rings. The molecule has 1 aromatic carbocycles. The maximum absolute atomic E-state index is 11.2. The zero-order valence-corrected chi connectivity index (χ0v) is 12.1. The van der Waals surface area contributed by atoms with Gasteiger partial charge in [0.1, 0.15) is 0 Å². The van der Waals surface area contributed by atoms with Crippen molar-refractivity contribution < 1.29 is 19.5 Å². The first-order valence-electron chi connectivity index (χ1n) is 6.91. The summed E-state index contributed by atoms with van der Waals surface area (Å²) in [5.41, 5.74) is 6.11. The van der Waals surface area contributed by atoms with Crippen LogP contribution >= 0.6 is 0 Å². The molecule has 0 saturated carbocycles. The number of aliphatic hydroxyl groups excluding tert-OH is 1. The van der Waals surface area contributed by atoms with E-state index in [1.165, 1.54) is 12.1 Å². The van der Waals surface area contributed by atoms with E-state index in [9.17, 15) is 15.2 Å². The number of nitro groups is 1. The number of nitrogens with zero attached hydrogens (tertiary/aromatic N) is 1. The molecule has 3 N–H and O–H groups in total. The van der Waals surface area contributed by atoms with Gasteiger partial charge < -0.3 is 20.3 Å². The highest BCUT2D eigenvalue weighted by Crippen LogP contribution is 2.40. The van der Waals surface area contributed by atoms with Crippen LogP contribution in [0.25, 0.3) is 0 Å². The van der Waals surface area contributed by atoms with E-state index in [-0.39, 0.29) is 18.0 Å². The van der Waals surface area contributed by atoms with Crippen molar-refractivity contribution in [2.24, 2.45) is 11.7 Å². The number of nitrogens with two attached hydrogens (primary N) is 1. The van der Waals surface area contributed by atoms with Crippen molar-refractivity contribution >= 4 is 5.69 Å². The Hall–Kier alpha value is -1.86. The fourth-order valence-corrected chi connectivity index (χ4v) is 2.26. The monoisotopic (exact) mass is 296 g/mol. The van der Waals surface area contributed by atoms with Gasteiger partial charge in [-0.15, -0.1) is 0 Å². The fourth-order valence-electron chi connectivity index (χ4n) is 2.26. The highest BCUT2D eigenvalue weighted by Gasteiger charge is 2.29. The molecule has 2 rings (SSSR count). The van der Waals surface area contributed by atoms with Crippen LogP contribution in [0.4, 0.5) is 5.69 Å². The van der Waals surface area contributed by atoms with Crippen molar-refractivity contribution in [1.29, 1.82) is 0 Å². The summed E-state index contributed by atoms with van der Waals surface area (Å²) >= 11 is 0. The second-order valence-corrected chi connectivity index (χ2v) is 5.59. The van der Waals surface area contributed by atoms with Crippen LogP contribution in [0.3, 0.4) is 0 Å². The second kappa shape index (κ2) is 6.28. The van der Waals surface area contributed by atoms with Crippen molar-refractivity contribution in [3.8, 4) is 11.5 Å². The first kappa shape index (κ1) is 15.5. The zero-order chi connectivity index (χ0) is 15.6. The van der Waals surface area contributed by atoms with Gasteiger partial charge in [0.2, 0.25) is 6.79 Å². The number of aliphatic hydroxyl groups is 1. The van der Waals surface area contributed by atoms with E-state index >= 15 is 0 Å². The molecule has 0 aliphatic carbocycles. The number of ether oxygens (including phenoxy) is 2. The van der Waals surface area contributed by atoms with Gasteiger partial charge >= 0.3 is 0 Å². The van der Waals surface area contributed by atoms with Gasteiger partial charge in [-0.05, 0) is 24.8 Å². The molecule has 2 atom stereocenters. The average molecular weight is 296 g/mol. The number of fused-ring (bicyclic) bond motifs is 1. The number of rotatable bonds is 6. The van der Waals surface area contributed by atoms with E-state index in [1.54, 1.807) is 0 Å². The topological polar surface area (TPSA) is 108 Å². The summed E-state index contributed by atoms with van der Waals surface area (Å²) in [6.45, 7) is 4.11. The Kier molecular flexibility index (Phi) is 4.64. The molecule has 21 heavy (non-hydrogen) atoms. The molecular formula is C14H20N2O5. The third kappa shape index (κ3) is 3.43. The molecule has 1 aliphatic heterocycles. The lowest BCUT2D eigenvalue weighted by Gasteiger charge is -2.20. The van der Waals surface area contributed by atoms with Crippen molar-refractivity contribution in [3.63, 3.8) is 0 Å².